The van der Waals surface area contributed by atoms with Crippen LogP contribution in [0.15, 0.2) is 18.2 Å². The van der Waals surface area contributed by atoms with Crippen molar-refractivity contribution in [3.05, 3.63) is 35.4 Å². The zero-order chi connectivity index (χ0) is 19.6. The van der Waals surface area contributed by atoms with E-state index in [0.717, 1.165) is 37.5 Å². The van der Waals surface area contributed by atoms with Gasteiger partial charge < -0.3 is 10.1 Å². The number of ether oxygens (including phenoxy) is 1. The van der Waals surface area contributed by atoms with E-state index in [1.807, 2.05) is 13.8 Å². The van der Waals surface area contributed by atoms with Gasteiger partial charge in [0, 0.05) is 18.2 Å². The fraction of sp³-hybridized carbons (Fsp3) is 0.600. The number of nitrogens with one attached hydrogen (secondary N) is 1. The minimum absolute atomic E-state index is 0.0907. The van der Waals surface area contributed by atoms with Crippen LogP contribution in [-0.2, 0) is 9.53 Å². The summed E-state index contributed by atoms with van der Waals surface area (Å²) in [5, 5.41) is 2.84. The quantitative estimate of drug-likeness (QED) is 0.872. The normalized spacial score (nSPS) is 21.7. The van der Waals surface area contributed by atoms with Crippen molar-refractivity contribution in [1.29, 1.82) is 0 Å². The molecule has 1 aromatic rings. The smallest absolute Gasteiger partial charge is 0.257 e. The van der Waals surface area contributed by atoms with E-state index >= 15 is 0 Å². The van der Waals surface area contributed by atoms with E-state index in [0.29, 0.717) is 19.4 Å². The SMILES string of the molecule is CC(C)CNC(=O)C1COC2(CCCCC2)N1C(=O)c1cc(F)cc(F)c1. The van der Waals surface area contributed by atoms with Crippen LogP contribution in [0.25, 0.3) is 0 Å². The number of carbonyl (C=O) groups is 2. The molecule has 0 bridgehead atoms. The molecule has 148 valence electrons. The van der Waals surface area contributed by atoms with Crippen molar-refractivity contribution in [2.75, 3.05) is 13.2 Å². The molecule has 3 rings (SSSR count). The first kappa shape index (κ1) is 19.7. The van der Waals surface area contributed by atoms with E-state index in [2.05, 4.69) is 5.32 Å². The Morgan fingerprint density at radius 1 is 1.19 bits per heavy atom. The highest BCUT2D eigenvalue weighted by molar-refractivity contribution is 5.98. The summed E-state index contributed by atoms with van der Waals surface area (Å²) < 4.78 is 33.3. The lowest BCUT2D eigenvalue weighted by Gasteiger charge is -2.41. The summed E-state index contributed by atoms with van der Waals surface area (Å²) in [7, 11) is 0. The van der Waals surface area contributed by atoms with Crippen LogP contribution < -0.4 is 5.32 Å². The largest absolute Gasteiger partial charge is 0.354 e. The van der Waals surface area contributed by atoms with Gasteiger partial charge in [-0.15, -0.1) is 0 Å². The average molecular weight is 380 g/mol. The summed E-state index contributed by atoms with van der Waals surface area (Å²) in [6, 6.07) is 1.92. The van der Waals surface area contributed by atoms with Crippen molar-refractivity contribution < 1.29 is 23.1 Å². The van der Waals surface area contributed by atoms with Crippen molar-refractivity contribution in [3.63, 3.8) is 0 Å². The molecule has 1 atom stereocenters. The molecule has 1 aliphatic heterocycles. The Hall–Kier alpha value is -2.02. The summed E-state index contributed by atoms with van der Waals surface area (Å²) in [4.78, 5) is 27.4. The lowest BCUT2D eigenvalue weighted by atomic mass is 9.89. The molecule has 1 N–H and O–H groups in total. The molecule has 1 heterocycles. The second-order valence-corrected chi connectivity index (χ2v) is 7.81. The average Bonchev–Trinajstić information content (AvgIpc) is 2.97. The van der Waals surface area contributed by atoms with Gasteiger partial charge in [0.1, 0.15) is 23.4 Å². The van der Waals surface area contributed by atoms with Gasteiger partial charge in [0.25, 0.3) is 5.91 Å². The predicted molar refractivity (Wildman–Crippen MR) is 95.9 cm³/mol. The molecule has 1 aliphatic carbocycles. The Morgan fingerprint density at radius 2 is 1.81 bits per heavy atom. The molecule has 7 heteroatoms. The van der Waals surface area contributed by atoms with Gasteiger partial charge in [-0.3, -0.25) is 14.5 Å². The van der Waals surface area contributed by atoms with Crippen molar-refractivity contribution in [2.24, 2.45) is 5.92 Å². The van der Waals surface area contributed by atoms with Gasteiger partial charge in [-0.05, 0) is 43.7 Å². The van der Waals surface area contributed by atoms with Crippen LogP contribution in [-0.4, -0.2) is 41.6 Å². The molecular weight excluding hydrogens is 354 g/mol. The van der Waals surface area contributed by atoms with E-state index in [9.17, 15) is 18.4 Å². The monoisotopic (exact) mass is 380 g/mol. The number of amides is 2. The van der Waals surface area contributed by atoms with Crippen molar-refractivity contribution in [3.8, 4) is 0 Å². The zero-order valence-corrected chi connectivity index (χ0v) is 15.8. The fourth-order valence-electron chi connectivity index (χ4n) is 3.91. The van der Waals surface area contributed by atoms with Crippen LogP contribution in [0.4, 0.5) is 8.78 Å². The highest BCUT2D eigenvalue weighted by Crippen LogP contribution is 2.41. The number of halogens is 2. The lowest BCUT2D eigenvalue weighted by Crippen LogP contribution is -2.56. The first-order valence-electron chi connectivity index (χ1n) is 9.54. The van der Waals surface area contributed by atoms with Crippen LogP contribution in [0.2, 0.25) is 0 Å². The van der Waals surface area contributed by atoms with Crippen LogP contribution in [0.3, 0.4) is 0 Å². The lowest BCUT2D eigenvalue weighted by molar-refractivity contribution is -0.127. The molecule has 1 unspecified atom stereocenters. The van der Waals surface area contributed by atoms with E-state index in [1.54, 1.807) is 0 Å². The third-order valence-electron chi connectivity index (χ3n) is 5.21. The number of hydrogen-bond donors (Lipinski definition) is 1. The molecule has 2 fully saturated rings. The first-order chi connectivity index (χ1) is 12.8. The Bertz CT molecular complexity index is 697. The molecule has 1 aromatic carbocycles. The van der Waals surface area contributed by atoms with E-state index in [-0.39, 0.29) is 24.0 Å². The van der Waals surface area contributed by atoms with E-state index < -0.39 is 29.3 Å². The highest BCUT2D eigenvalue weighted by atomic mass is 19.1. The fourth-order valence-corrected chi connectivity index (χ4v) is 3.91. The van der Waals surface area contributed by atoms with Gasteiger partial charge in [0.2, 0.25) is 5.91 Å². The molecule has 2 amide bonds. The second-order valence-electron chi connectivity index (χ2n) is 7.81. The minimum atomic E-state index is -0.877. The van der Waals surface area contributed by atoms with Gasteiger partial charge in [0.05, 0.1) is 6.61 Å². The maximum atomic E-state index is 13.7. The number of carbonyl (C=O) groups excluding carboxylic acids is 2. The maximum absolute atomic E-state index is 13.7. The molecule has 1 saturated carbocycles. The number of nitrogens with zero attached hydrogens (tertiary/aromatic N) is 1. The molecule has 27 heavy (non-hydrogen) atoms. The summed E-state index contributed by atoms with van der Waals surface area (Å²) >= 11 is 0. The Morgan fingerprint density at radius 3 is 2.41 bits per heavy atom. The maximum Gasteiger partial charge on any atom is 0.257 e. The molecular formula is C20H26F2N2O3. The second kappa shape index (κ2) is 7.92. The van der Waals surface area contributed by atoms with Crippen molar-refractivity contribution >= 4 is 11.8 Å². The third kappa shape index (κ3) is 4.13. The van der Waals surface area contributed by atoms with Crippen LogP contribution in [0.5, 0.6) is 0 Å². The van der Waals surface area contributed by atoms with E-state index in [1.165, 1.54) is 4.90 Å². The molecule has 2 aliphatic rings. The molecule has 0 aromatic heterocycles. The number of hydrogen-bond acceptors (Lipinski definition) is 3. The molecule has 1 saturated heterocycles. The summed E-state index contributed by atoms with van der Waals surface area (Å²) in [5.41, 5.74) is -0.984. The van der Waals surface area contributed by atoms with Crippen molar-refractivity contribution in [1.82, 2.24) is 10.2 Å². The summed E-state index contributed by atoms with van der Waals surface area (Å²) in [6.45, 7) is 4.53. The zero-order valence-electron chi connectivity index (χ0n) is 15.8. The topological polar surface area (TPSA) is 58.6 Å². The van der Waals surface area contributed by atoms with Gasteiger partial charge in [-0.2, -0.15) is 0 Å². The minimum Gasteiger partial charge on any atom is -0.354 e. The van der Waals surface area contributed by atoms with Gasteiger partial charge in [-0.25, -0.2) is 8.78 Å². The number of rotatable bonds is 4. The first-order valence-corrected chi connectivity index (χ1v) is 9.54. The molecule has 0 radical (unpaired) electrons. The van der Waals surface area contributed by atoms with Gasteiger partial charge >= 0.3 is 0 Å². The van der Waals surface area contributed by atoms with Crippen LogP contribution in [0.1, 0.15) is 56.3 Å². The number of benzene rings is 1. The Kier molecular flexibility index (Phi) is 5.79. The van der Waals surface area contributed by atoms with E-state index in [4.69, 9.17) is 4.74 Å². The van der Waals surface area contributed by atoms with Gasteiger partial charge in [0.15, 0.2) is 0 Å². The Balaban J connectivity index is 1.92. The summed E-state index contributed by atoms with van der Waals surface area (Å²) in [6.07, 6.45) is 4.02. The molecule has 1 spiro atoms. The standard InChI is InChI=1S/C20H26F2N2O3/c1-13(2)11-23-18(25)17-12-27-20(6-4-3-5-7-20)24(17)19(26)14-8-15(21)10-16(22)9-14/h8-10,13,17H,3-7,11-12H2,1-2H3,(H,23,25). The van der Waals surface area contributed by atoms with Gasteiger partial charge in [-0.1, -0.05) is 20.3 Å². The van der Waals surface area contributed by atoms with Crippen LogP contribution in [0, 0.1) is 17.6 Å². The van der Waals surface area contributed by atoms with Crippen molar-refractivity contribution in [2.45, 2.75) is 57.7 Å². The summed E-state index contributed by atoms with van der Waals surface area (Å²) in [5.74, 6) is -2.25. The Labute approximate surface area is 158 Å². The van der Waals surface area contributed by atoms with Crippen LogP contribution >= 0.6 is 0 Å². The molecule has 5 nitrogen and oxygen atoms in total. The third-order valence-corrected chi connectivity index (χ3v) is 5.21. The predicted octanol–water partition coefficient (Wildman–Crippen LogP) is 3.24. The highest BCUT2D eigenvalue weighted by Gasteiger charge is 2.53.